The third-order valence-electron chi connectivity index (χ3n) is 2.66. The van der Waals surface area contributed by atoms with Crippen molar-refractivity contribution in [3.8, 4) is 0 Å². The topological polar surface area (TPSA) is 83.6 Å². The molecule has 0 radical (unpaired) electrons. The van der Waals surface area contributed by atoms with Crippen LogP contribution in [0.4, 0.5) is 0 Å². The summed E-state index contributed by atoms with van der Waals surface area (Å²) in [6.45, 7) is 0. The highest BCUT2D eigenvalue weighted by Gasteiger charge is 2.17. The van der Waals surface area contributed by atoms with Gasteiger partial charge in [-0.05, 0) is 19.3 Å². The predicted molar refractivity (Wildman–Crippen MR) is 67.6 cm³/mol. The van der Waals surface area contributed by atoms with E-state index in [4.69, 9.17) is 10.8 Å². The van der Waals surface area contributed by atoms with E-state index in [2.05, 4.69) is 6.08 Å². The molecule has 1 atom stereocenters. The molecule has 1 amide bonds. The van der Waals surface area contributed by atoms with Gasteiger partial charge < -0.3 is 15.7 Å². The van der Waals surface area contributed by atoms with Gasteiger partial charge in [-0.25, -0.2) is 0 Å². The summed E-state index contributed by atoms with van der Waals surface area (Å²) in [7, 11) is 1.76. The Hall–Kier alpha value is -1.01. The second-order valence-electron chi connectivity index (χ2n) is 4.00. The number of aliphatic carboxylic acids is 1. The number of hydrogen-bond donors (Lipinski definition) is 2. The van der Waals surface area contributed by atoms with Gasteiger partial charge >= 0.3 is 5.97 Å². The van der Waals surface area contributed by atoms with E-state index in [0.717, 1.165) is 25.0 Å². The predicted octanol–water partition coefficient (Wildman–Crippen LogP) is 0.658. The third kappa shape index (κ3) is 4.40. The molecule has 0 fully saturated rings. The summed E-state index contributed by atoms with van der Waals surface area (Å²) in [6.07, 6.45) is 5.15. The maximum atomic E-state index is 11.8. The van der Waals surface area contributed by atoms with E-state index in [-0.39, 0.29) is 17.4 Å². The van der Waals surface area contributed by atoms with Crippen LogP contribution in [-0.4, -0.2) is 46.5 Å². The van der Waals surface area contributed by atoms with E-state index in [1.165, 1.54) is 11.8 Å². The molecule has 0 heterocycles. The molecule has 0 aromatic heterocycles. The van der Waals surface area contributed by atoms with Crippen molar-refractivity contribution in [2.45, 2.75) is 25.3 Å². The number of carbonyl (C=O) groups is 2. The van der Waals surface area contributed by atoms with Crippen LogP contribution in [0.5, 0.6) is 0 Å². The van der Waals surface area contributed by atoms with Gasteiger partial charge in [-0.3, -0.25) is 9.59 Å². The molecule has 0 aromatic carbocycles. The Balaban J connectivity index is 2.27. The number of rotatable bonds is 6. The summed E-state index contributed by atoms with van der Waals surface area (Å²) < 4.78 is 0. The van der Waals surface area contributed by atoms with Crippen molar-refractivity contribution in [1.29, 1.82) is 0 Å². The molecule has 0 saturated heterocycles. The number of carboxylic acid groups (broad SMARTS) is 1. The summed E-state index contributed by atoms with van der Waals surface area (Å²) in [6, 6.07) is -0.899. The Labute approximate surface area is 105 Å². The van der Waals surface area contributed by atoms with Crippen LogP contribution < -0.4 is 5.73 Å². The van der Waals surface area contributed by atoms with Gasteiger partial charge in [0.1, 0.15) is 6.04 Å². The van der Waals surface area contributed by atoms with E-state index in [9.17, 15) is 9.59 Å². The SMILES string of the molecule is CN(C(=O)CSC[C@@H](N)C(=O)O)C1=CCCC1. The van der Waals surface area contributed by atoms with E-state index >= 15 is 0 Å². The van der Waals surface area contributed by atoms with E-state index in [1.54, 1.807) is 11.9 Å². The van der Waals surface area contributed by atoms with Gasteiger partial charge in [-0.2, -0.15) is 0 Å². The molecule has 0 spiro atoms. The molecule has 96 valence electrons. The lowest BCUT2D eigenvalue weighted by Crippen LogP contribution is -2.33. The normalized spacial score (nSPS) is 16.5. The summed E-state index contributed by atoms with van der Waals surface area (Å²) >= 11 is 1.26. The first-order valence-electron chi connectivity index (χ1n) is 5.54. The lowest BCUT2D eigenvalue weighted by Gasteiger charge is -2.18. The number of hydrogen-bond acceptors (Lipinski definition) is 4. The summed E-state index contributed by atoms with van der Waals surface area (Å²) in [5.41, 5.74) is 6.41. The fraction of sp³-hybridized carbons (Fsp3) is 0.636. The molecule has 1 rings (SSSR count). The van der Waals surface area contributed by atoms with Crippen molar-refractivity contribution in [2.24, 2.45) is 5.73 Å². The van der Waals surface area contributed by atoms with Gasteiger partial charge in [0.2, 0.25) is 5.91 Å². The molecule has 17 heavy (non-hydrogen) atoms. The first-order chi connectivity index (χ1) is 8.02. The Kier molecular flexibility index (Phi) is 5.50. The average Bonchev–Trinajstić information content (AvgIpc) is 2.80. The van der Waals surface area contributed by atoms with Crippen LogP contribution in [0.1, 0.15) is 19.3 Å². The molecular weight excluding hydrogens is 240 g/mol. The molecule has 6 heteroatoms. The lowest BCUT2D eigenvalue weighted by molar-refractivity contribution is -0.138. The van der Waals surface area contributed by atoms with Gasteiger partial charge in [0, 0.05) is 18.5 Å². The summed E-state index contributed by atoms with van der Waals surface area (Å²) in [5.74, 6) is -0.500. The number of carbonyl (C=O) groups excluding carboxylic acids is 1. The van der Waals surface area contributed by atoms with Gasteiger partial charge in [-0.1, -0.05) is 6.08 Å². The molecular formula is C11H18N2O3S. The highest BCUT2D eigenvalue weighted by Crippen LogP contribution is 2.20. The second kappa shape index (κ2) is 6.66. The molecule has 0 bridgehead atoms. The Morgan fingerprint density at radius 3 is 2.88 bits per heavy atom. The van der Waals surface area contributed by atoms with Crippen molar-refractivity contribution in [3.63, 3.8) is 0 Å². The standard InChI is InChI=1S/C11H18N2O3S/c1-13(8-4-2-3-5-8)10(14)7-17-6-9(12)11(15)16/h4,9H,2-3,5-7,12H2,1H3,(H,15,16)/t9-/m1/s1. The zero-order valence-corrected chi connectivity index (χ0v) is 10.7. The van der Waals surface area contributed by atoms with Gasteiger partial charge in [0.25, 0.3) is 0 Å². The molecule has 0 aliphatic heterocycles. The molecule has 0 aromatic rings. The summed E-state index contributed by atoms with van der Waals surface area (Å²) in [5, 5.41) is 8.59. The van der Waals surface area contributed by atoms with Crippen molar-refractivity contribution < 1.29 is 14.7 Å². The van der Waals surface area contributed by atoms with Crippen molar-refractivity contribution in [1.82, 2.24) is 4.90 Å². The van der Waals surface area contributed by atoms with Crippen LogP contribution in [0.2, 0.25) is 0 Å². The number of amides is 1. The molecule has 1 aliphatic carbocycles. The van der Waals surface area contributed by atoms with E-state index in [1.807, 2.05) is 0 Å². The lowest BCUT2D eigenvalue weighted by atomic mass is 10.3. The smallest absolute Gasteiger partial charge is 0.321 e. The number of nitrogens with two attached hydrogens (primary N) is 1. The van der Waals surface area contributed by atoms with Gasteiger partial charge in [-0.15, -0.1) is 11.8 Å². The largest absolute Gasteiger partial charge is 0.480 e. The van der Waals surface area contributed by atoms with Gasteiger partial charge in [0.15, 0.2) is 0 Å². The number of nitrogens with zero attached hydrogens (tertiary/aromatic N) is 1. The Morgan fingerprint density at radius 2 is 2.35 bits per heavy atom. The first-order valence-corrected chi connectivity index (χ1v) is 6.69. The fourth-order valence-corrected chi connectivity index (χ4v) is 2.44. The molecule has 0 saturated carbocycles. The second-order valence-corrected chi connectivity index (χ2v) is 5.03. The van der Waals surface area contributed by atoms with Crippen LogP contribution >= 0.6 is 11.8 Å². The summed E-state index contributed by atoms with van der Waals surface area (Å²) in [4.78, 5) is 23.9. The van der Waals surface area contributed by atoms with Crippen LogP contribution in [0.25, 0.3) is 0 Å². The Bertz CT molecular complexity index is 331. The highest BCUT2D eigenvalue weighted by molar-refractivity contribution is 8.00. The maximum absolute atomic E-state index is 11.8. The maximum Gasteiger partial charge on any atom is 0.321 e. The molecule has 0 unspecified atom stereocenters. The zero-order valence-electron chi connectivity index (χ0n) is 9.89. The van der Waals surface area contributed by atoms with Crippen molar-refractivity contribution in [2.75, 3.05) is 18.6 Å². The Morgan fingerprint density at radius 1 is 1.65 bits per heavy atom. The monoisotopic (exact) mass is 258 g/mol. The van der Waals surface area contributed by atoms with Crippen LogP contribution in [0.3, 0.4) is 0 Å². The first kappa shape index (κ1) is 14.1. The average molecular weight is 258 g/mol. The highest BCUT2D eigenvalue weighted by atomic mass is 32.2. The quantitative estimate of drug-likeness (QED) is 0.731. The van der Waals surface area contributed by atoms with E-state index < -0.39 is 12.0 Å². The van der Waals surface area contributed by atoms with E-state index in [0.29, 0.717) is 0 Å². The molecule has 5 nitrogen and oxygen atoms in total. The van der Waals surface area contributed by atoms with Crippen LogP contribution in [0, 0.1) is 0 Å². The fourth-order valence-electron chi connectivity index (χ4n) is 1.56. The minimum atomic E-state index is -1.03. The number of allylic oxidation sites excluding steroid dienone is 2. The number of thioether (sulfide) groups is 1. The molecule has 1 aliphatic rings. The van der Waals surface area contributed by atoms with Crippen LogP contribution in [0.15, 0.2) is 11.8 Å². The zero-order chi connectivity index (χ0) is 12.8. The third-order valence-corrected chi connectivity index (χ3v) is 3.71. The van der Waals surface area contributed by atoms with Crippen molar-refractivity contribution >= 4 is 23.6 Å². The molecule has 3 N–H and O–H groups in total. The van der Waals surface area contributed by atoms with Gasteiger partial charge in [0.05, 0.1) is 5.75 Å². The van der Waals surface area contributed by atoms with Crippen LogP contribution in [-0.2, 0) is 9.59 Å². The number of carboxylic acids is 1. The minimum Gasteiger partial charge on any atom is -0.480 e. The minimum absolute atomic E-state index is 0.000684. The van der Waals surface area contributed by atoms with Crippen molar-refractivity contribution in [3.05, 3.63) is 11.8 Å².